The topological polar surface area (TPSA) is 79.4 Å². The fourth-order valence-electron chi connectivity index (χ4n) is 3.34. The fourth-order valence-corrected chi connectivity index (χ4v) is 5.60. The van der Waals surface area contributed by atoms with Crippen molar-refractivity contribution in [3.63, 3.8) is 0 Å². The van der Waals surface area contributed by atoms with Gasteiger partial charge in [-0.1, -0.05) is 17.7 Å². The quantitative estimate of drug-likeness (QED) is 0.827. The lowest BCUT2D eigenvalue weighted by Gasteiger charge is -2.30. The van der Waals surface area contributed by atoms with E-state index in [4.69, 9.17) is 0 Å². The van der Waals surface area contributed by atoms with Gasteiger partial charge in [0, 0.05) is 30.3 Å². The Bertz CT molecular complexity index is 925. The third-order valence-corrected chi connectivity index (χ3v) is 7.92. The zero-order valence-electron chi connectivity index (χ0n) is 15.2. The van der Waals surface area contributed by atoms with Gasteiger partial charge in [-0.3, -0.25) is 4.79 Å². The molecule has 1 aliphatic heterocycles. The molecule has 2 aliphatic rings. The minimum Gasteiger partial charge on any atom is -0.302 e. The predicted octanol–water partition coefficient (Wildman–Crippen LogP) is 3.37. The predicted molar refractivity (Wildman–Crippen MR) is 105 cm³/mol. The minimum atomic E-state index is -3.49. The number of hydrogen-bond acceptors (Lipinski definition) is 5. The van der Waals surface area contributed by atoms with Crippen molar-refractivity contribution in [2.24, 2.45) is 5.92 Å². The highest BCUT2D eigenvalue weighted by Crippen LogP contribution is 2.41. The summed E-state index contributed by atoms with van der Waals surface area (Å²) in [7, 11) is -3.49. The number of aryl methyl sites for hydroxylation is 1. The SMILES string of the molecule is Cc1ccc(S(=O)(=O)N2CCC(C(=O)Nc3nc(C4CC4)cs3)CC2)cc1. The summed E-state index contributed by atoms with van der Waals surface area (Å²) in [6.07, 6.45) is 3.42. The van der Waals surface area contributed by atoms with Crippen molar-refractivity contribution in [1.29, 1.82) is 0 Å². The molecule has 2 heterocycles. The first-order valence-electron chi connectivity index (χ1n) is 9.26. The second-order valence-corrected chi connectivity index (χ2v) is 10.1. The second-order valence-electron chi connectivity index (χ2n) is 7.33. The van der Waals surface area contributed by atoms with Crippen LogP contribution in [0.25, 0.3) is 0 Å². The molecule has 2 aromatic rings. The Morgan fingerprint density at radius 3 is 2.44 bits per heavy atom. The van der Waals surface area contributed by atoms with Gasteiger partial charge < -0.3 is 5.32 Å². The molecule has 0 spiro atoms. The summed E-state index contributed by atoms with van der Waals surface area (Å²) in [6.45, 7) is 2.65. The normalized spacial score (nSPS) is 19.1. The van der Waals surface area contributed by atoms with Crippen LogP contribution in [-0.4, -0.2) is 36.7 Å². The molecule has 1 aromatic carbocycles. The molecular formula is C19H23N3O3S2. The van der Waals surface area contributed by atoms with Crippen molar-refractivity contribution < 1.29 is 13.2 Å². The van der Waals surface area contributed by atoms with Crippen molar-refractivity contribution in [2.75, 3.05) is 18.4 Å². The van der Waals surface area contributed by atoms with E-state index in [1.54, 1.807) is 24.3 Å². The van der Waals surface area contributed by atoms with Gasteiger partial charge in [0.25, 0.3) is 0 Å². The van der Waals surface area contributed by atoms with Crippen LogP contribution in [0.2, 0.25) is 0 Å². The fraction of sp³-hybridized carbons (Fsp3) is 0.474. The van der Waals surface area contributed by atoms with E-state index >= 15 is 0 Å². The van der Waals surface area contributed by atoms with Gasteiger partial charge in [0.1, 0.15) is 0 Å². The van der Waals surface area contributed by atoms with E-state index in [0.717, 1.165) is 11.3 Å². The number of thiazole rings is 1. The van der Waals surface area contributed by atoms with Crippen LogP contribution in [-0.2, 0) is 14.8 Å². The number of piperidine rings is 1. The van der Waals surface area contributed by atoms with Crippen LogP contribution in [0.4, 0.5) is 5.13 Å². The molecule has 0 unspecified atom stereocenters. The first-order valence-corrected chi connectivity index (χ1v) is 11.6. The lowest BCUT2D eigenvalue weighted by atomic mass is 9.97. The maximum atomic E-state index is 12.8. The van der Waals surface area contributed by atoms with Gasteiger partial charge in [-0.15, -0.1) is 11.3 Å². The summed E-state index contributed by atoms with van der Waals surface area (Å²) in [6, 6.07) is 6.89. The van der Waals surface area contributed by atoms with Crippen LogP contribution >= 0.6 is 11.3 Å². The maximum Gasteiger partial charge on any atom is 0.243 e. The standard InChI is InChI=1S/C19H23N3O3S2/c1-13-2-6-16(7-3-13)27(24,25)22-10-8-15(9-11-22)18(23)21-19-20-17(12-26-19)14-4-5-14/h2-3,6-7,12,14-15H,4-5,8-11H2,1H3,(H,20,21,23). The second kappa shape index (κ2) is 7.33. The first-order chi connectivity index (χ1) is 12.9. The van der Waals surface area contributed by atoms with Gasteiger partial charge in [0.15, 0.2) is 5.13 Å². The number of carbonyl (C=O) groups is 1. The van der Waals surface area contributed by atoms with Crippen molar-refractivity contribution in [3.8, 4) is 0 Å². The number of carbonyl (C=O) groups excluding carboxylic acids is 1. The third-order valence-electron chi connectivity index (χ3n) is 5.23. The minimum absolute atomic E-state index is 0.0564. The molecule has 4 rings (SSSR count). The summed E-state index contributed by atoms with van der Waals surface area (Å²) in [5.41, 5.74) is 2.10. The van der Waals surface area contributed by atoms with E-state index in [1.165, 1.54) is 28.5 Å². The molecule has 2 fully saturated rings. The molecule has 27 heavy (non-hydrogen) atoms. The molecule has 0 atom stereocenters. The Morgan fingerprint density at radius 2 is 1.81 bits per heavy atom. The zero-order chi connectivity index (χ0) is 19.0. The number of hydrogen-bond donors (Lipinski definition) is 1. The average molecular weight is 406 g/mol. The summed E-state index contributed by atoms with van der Waals surface area (Å²) in [4.78, 5) is 17.3. The maximum absolute atomic E-state index is 12.8. The van der Waals surface area contributed by atoms with E-state index in [-0.39, 0.29) is 11.8 Å². The molecule has 1 amide bonds. The van der Waals surface area contributed by atoms with E-state index in [9.17, 15) is 13.2 Å². The van der Waals surface area contributed by atoms with Crippen molar-refractivity contribution in [3.05, 3.63) is 40.9 Å². The Morgan fingerprint density at radius 1 is 1.15 bits per heavy atom. The molecule has 8 heteroatoms. The van der Waals surface area contributed by atoms with E-state index in [2.05, 4.69) is 10.3 Å². The van der Waals surface area contributed by atoms with E-state index < -0.39 is 10.0 Å². The van der Waals surface area contributed by atoms with Crippen molar-refractivity contribution in [2.45, 2.75) is 43.4 Å². The molecule has 6 nitrogen and oxygen atoms in total. The average Bonchev–Trinajstić information content (AvgIpc) is 3.42. The van der Waals surface area contributed by atoms with Crippen LogP contribution in [0.5, 0.6) is 0 Å². The number of amides is 1. The highest BCUT2D eigenvalue weighted by molar-refractivity contribution is 7.89. The number of anilines is 1. The Hall–Kier alpha value is -1.77. The number of benzene rings is 1. The molecule has 0 radical (unpaired) electrons. The summed E-state index contributed by atoms with van der Waals surface area (Å²) < 4.78 is 27.0. The Balaban J connectivity index is 1.34. The van der Waals surface area contributed by atoms with Crippen LogP contribution in [0, 0.1) is 12.8 Å². The van der Waals surface area contributed by atoms with Crippen LogP contribution in [0.3, 0.4) is 0 Å². The number of nitrogens with one attached hydrogen (secondary N) is 1. The monoisotopic (exact) mass is 405 g/mol. The van der Waals surface area contributed by atoms with Crippen molar-refractivity contribution in [1.82, 2.24) is 9.29 Å². The number of aromatic nitrogens is 1. The van der Waals surface area contributed by atoms with Gasteiger partial charge in [0.2, 0.25) is 15.9 Å². The van der Waals surface area contributed by atoms with Gasteiger partial charge in [-0.05, 0) is 44.7 Å². The summed E-state index contributed by atoms with van der Waals surface area (Å²) in [5.74, 6) is 0.337. The molecule has 0 bridgehead atoms. The molecule has 1 saturated carbocycles. The zero-order valence-corrected chi connectivity index (χ0v) is 16.9. The van der Waals surface area contributed by atoms with E-state index in [0.29, 0.717) is 41.9 Å². The van der Waals surface area contributed by atoms with E-state index in [1.807, 2.05) is 12.3 Å². The van der Waals surface area contributed by atoms with Crippen molar-refractivity contribution >= 4 is 32.4 Å². The van der Waals surface area contributed by atoms with Gasteiger partial charge in [0.05, 0.1) is 10.6 Å². The summed E-state index contributed by atoms with van der Waals surface area (Å²) in [5, 5.41) is 5.57. The molecule has 1 aromatic heterocycles. The van der Waals surface area contributed by atoms with Crippen LogP contribution < -0.4 is 5.32 Å². The molecule has 144 valence electrons. The number of rotatable bonds is 5. The van der Waals surface area contributed by atoms with Crippen LogP contribution in [0.15, 0.2) is 34.5 Å². The lowest BCUT2D eigenvalue weighted by Crippen LogP contribution is -2.41. The molecule has 1 aliphatic carbocycles. The lowest BCUT2D eigenvalue weighted by molar-refractivity contribution is -0.120. The highest BCUT2D eigenvalue weighted by atomic mass is 32.2. The Labute approximate surface area is 163 Å². The molecule has 1 saturated heterocycles. The summed E-state index contributed by atoms with van der Waals surface area (Å²) >= 11 is 1.46. The molecule has 1 N–H and O–H groups in total. The molecular weight excluding hydrogens is 382 g/mol. The highest BCUT2D eigenvalue weighted by Gasteiger charge is 2.32. The smallest absolute Gasteiger partial charge is 0.243 e. The van der Waals surface area contributed by atoms with Gasteiger partial charge >= 0.3 is 0 Å². The van der Waals surface area contributed by atoms with Crippen LogP contribution in [0.1, 0.15) is 42.9 Å². The van der Waals surface area contributed by atoms with Gasteiger partial charge in [-0.25, -0.2) is 13.4 Å². The largest absolute Gasteiger partial charge is 0.302 e. The number of nitrogens with zero attached hydrogens (tertiary/aromatic N) is 2. The van der Waals surface area contributed by atoms with Gasteiger partial charge in [-0.2, -0.15) is 4.31 Å². The third kappa shape index (κ3) is 4.07. The Kier molecular flexibility index (Phi) is 5.05. The number of sulfonamides is 1. The first kappa shape index (κ1) is 18.6.